The highest BCUT2D eigenvalue weighted by atomic mass is 16.3. The molecule has 0 amide bonds. The Morgan fingerprint density at radius 3 is 1.79 bits per heavy atom. The molecule has 0 aliphatic rings. The van der Waals surface area contributed by atoms with E-state index in [0.717, 1.165) is 77.0 Å². The van der Waals surface area contributed by atoms with E-state index in [2.05, 4.69) is 179 Å². The second kappa shape index (κ2) is 11.4. The molecule has 13 aromatic rings. The summed E-state index contributed by atoms with van der Waals surface area (Å²) in [6.07, 6.45) is 0. The molecule has 5 heteroatoms. The quantitative estimate of drug-likeness (QED) is 0.182. The zero-order valence-electron chi connectivity index (χ0n) is 30.5. The van der Waals surface area contributed by atoms with Gasteiger partial charge in [-0.25, -0.2) is 9.97 Å². The van der Waals surface area contributed by atoms with E-state index in [9.17, 15) is 0 Å². The Balaban J connectivity index is 1.13. The van der Waals surface area contributed by atoms with E-state index >= 15 is 0 Å². The summed E-state index contributed by atoms with van der Waals surface area (Å²) in [7, 11) is 0. The van der Waals surface area contributed by atoms with Gasteiger partial charge in [0, 0.05) is 49.0 Å². The number of para-hydroxylation sites is 4. The summed E-state index contributed by atoms with van der Waals surface area (Å²) in [5, 5.41) is 12.7. The second-order valence-electron chi connectivity index (χ2n) is 14.9. The van der Waals surface area contributed by atoms with Crippen molar-refractivity contribution in [1.29, 1.82) is 0 Å². The highest BCUT2D eigenvalue weighted by Crippen LogP contribution is 2.43. The minimum atomic E-state index is 0.623. The molecule has 4 aromatic heterocycles. The van der Waals surface area contributed by atoms with Gasteiger partial charge in [-0.15, -0.1) is 0 Å². The van der Waals surface area contributed by atoms with Crippen molar-refractivity contribution in [3.63, 3.8) is 0 Å². The molecule has 0 spiro atoms. The first kappa shape index (κ1) is 30.6. The van der Waals surface area contributed by atoms with E-state index < -0.39 is 0 Å². The van der Waals surface area contributed by atoms with Crippen LogP contribution in [0.1, 0.15) is 0 Å². The normalized spacial score (nSPS) is 12.2. The molecule has 0 fully saturated rings. The van der Waals surface area contributed by atoms with E-state index in [-0.39, 0.29) is 0 Å². The number of aromatic nitrogens is 4. The van der Waals surface area contributed by atoms with Gasteiger partial charge in [0.15, 0.2) is 0 Å². The Bertz CT molecular complexity index is 3780. The van der Waals surface area contributed by atoms with Gasteiger partial charge in [0.25, 0.3) is 0 Å². The Morgan fingerprint density at radius 2 is 0.982 bits per heavy atom. The van der Waals surface area contributed by atoms with Crippen molar-refractivity contribution >= 4 is 98.0 Å². The lowest BCUT2D eigenvalue weighted by Crippen LogP contribution is -2.04. The third kappa shape index (κ3) is 4.23. The molecular formula is C52H30N4O. The third-order valence-electron chi connectivity index (χ3n) is 11.9. The minimum absolute atomic E-state index is 0.623. The summed E-state index contributed by atoms with van der Waals surface area (Å²) in [6, 6.07) is 64.7. The molecule has 0 N–H and O–H groups in total. The molecule has 13 rings (SSSR count). The van der Waals surface area contributed by atoms with Crippen LogP contribution in [-0.2, 0) is 0 Å². The number of nitrogens with zero attached hydrogens (tertiary/aromatic N) is 4. The van der Waals surface area contributed by atoms with Crippen molar-refractivity contribution in [2.75, 3.05) is 0 Å². The van der Waals surface area contributed by atoms with Gasteiger partial charge in [0.1, 0.15) is 11.2 Å². The van der Waals surface area contributed by atoms with Crippen LogP contribution in [0.4, 0.5) is 0 Å². The maximum atomic E-state index is 6.54. The predicted molar refractivity (Wildman–Crippen MR) is 236 cm³/mol. The van der Waals surface area contributed by atoms with Crippen molar-refractivity contribution in [2.24, 2.45) is 0 Å². The maximum absolute atomic E-state index is 6.54. The zero-order chi connectivity index (χ0) is 37.2. The SMILES string of the molecule is c1ccc2c(c1)ccc1c2c2cc(-n3c4ccccc4c4ccccc43)ccc2n1-c1nc(-c2cc3oc4ccccc4c3c3ccccc23)c2ccccc2n1. The Hall–Kier alpha value is -7.76. The lowest BCUT2D eigenvalue weighted by atomic mass is 9.96. The van der Waals surface area contributed by atoms with Crippen LogP contribution < -0.4 is 0 Å². The Kier molecular flexibility index (Phi) is 6.10. The summed E-state index contributed by atoms with van der Waals surface area (Å²) in [5.74, 6) is 0.623. The molecule has 0 aliphatic carbocycles. The molecular weight excluding hydrogens is 697 g/mol. The van der Waals surface area contributed by atoms with E-state index in [1.807, 2.05) is 12.1 Å². The number of furan rings is 1. The molecule has 0 aliphatic heterocycles. The molecule has 0 atom stereocenters. The average Bonchev–Trinajstić information content (AvgIpc) is 3.93. The molecule has 57 heavy (non-hydrogen) atoms. The molecule has 4 heterocycles. The average molecular weight is 727 g/mol. The predicted octanol–water partition coefficient (Wildman–Crippen LogP) is 13.7. The fourth-order valence-electron chi connectivity index (χ4n) is 9.49. The maximum Gasteiger partial charge on any atom is 0.235 e. The van der Waals surface area contributed by atoms with Gasteiger partial charge in [0.2, 0.25) is 5.95 Å². The van der Waals surface area contributed by atoms with Crippen LogP contribution in [0.25, 0.3) is 121 Å². The Morgan fingerprint density at radius 1 is 0.368 bits per heavy atom. The van der Waals surface area contributed by atoms with Gasteiger partial charge in [-0.2, -0.15) is 0 Å². The zero-order valence-corrected chi connectivity index (χ0v) is 30.5. The lowest BCUT2D eigenvalue weighted by molar-refractivity contribution is 0.669. The number of rotatable bonds is 3. The van der Waals surface area contributed by atoms with Crippen molar-refractivity contribution in [3.05, 3.63) is 182 Å². The first-order valence-corrected chi connectivity index (χ1v) is 19.3. The number of benzene rings is 9. The molecule has 0 saturated heterocycles. The summed E-state index contributed by atoms with van der Waals surface area (Å²) in [6.45, 7) is 0. The van der Waals surface area contributed by atoms with Crippen molar-refractivity contribution in [3.8, 4) is 22.9 Å². The number of hydrogen-bond acceptors (Lipinski definition) is 3. The molecule has 5 nitrogen and oxygen atoms in total. The van der Waals surface area contributed by atoms with Crippen LogP contribution in [0.3, 0.4) is 0 Å². The van der Waals surface area contributed by atoms with E-state index in [1.165, 1.54) is 38.0 Å². The fourth-order valence-corrected chi connectivity index (χ4v) is 9.49. The fraction of sp³-hybridized carbons (Fsp3) is 0. The van der Waals surface area contributed by atoms with Crippen molar-refractivity contribution in [2.45, 2.75) is 0 Å². The van der Waals surface area contributed by atoms with Gasteiger partial charge < -0.3 is 8.98 Å². The number of fused-ring (bicyclic) bond motifs is 14. The van der Waals surface area contributed by atoms with Crippen LogP contribution in [0.15, 0.2) is 186 Å². The summed E-state index contributed by atoms with van der Waals surface area (Å²) >= 11 is 0. The first-order chi connectivity index (χ1) is 28.3. The topological polar surface area (TPSA) is 48.8 Å². The van der Waals surface area contributed by atoms with Crippen LogP contribution in [0, 0.1) is 0 Å². The summed E-state index contributed by atoms with van der Waals surface area (Å²) < 4.78 is 11.2. The van der Waals surface area contributed by atoms with Gasteiger partial charge >= 0.3 is 0 Å². The molecule has 264 valence electrons. The highest BCUT2D eigenvalue weighted by Gasteiger charge is 2.22. The van der Waals surface area contributed by atoms with Gasteiger partial charge in [-0.05, 0) is 76.1 Å². The van der Waals surface area contributed by atoms with E-state index in [1.54, 1.807) is 0 Å². The molecule has 0 unspecified atom stereocenters. The third-order valence-corrected chi connectivity index (χ3v) is 11.9. The monoisotopic (exact) mass is 726 g/mol. The molecule has 0 radical (unpaired) electrons. The van der Waals surface area contributed by atoms with E-state index in [4.69, 9.17) is 14.4 Å². The smallest absolute Gasteiger partial charge is 0.235 e. The van der Waals surface area contributed by atoms with Crippen molar-refractivity contribution in [1.82, 2.24) is 19.1 Å². The van der Waals surface area contributed by atoms with Crippen molar-refractivity contribution < 1.29 is 4.42 Å². The lowest BCUT2D eigenvalue weighted by Gasteiger charge is -2.14. The van der Waals surface area contributed by atoms with Gasteiger partial charge in [0.05, 0.1) is 33.3 Å². The second-order valence-corrected chi connectivity index (χ2v) is 14.9. The molecule has 0 bridgehead atoms. The Labute approximate surface area is 325 Å². The first-order valence-electron chi connectivity index (χ1n) is 19.3. The van der Waals surface area contributed by atoms with Crippen LogP contribution >= 0.6 is 0 Å². The van der Waals surface area contributed by atoms with Crippen LogP contribution in [-0.4, -0.2) is 19.1 Å². The minimum Gasteiger partial charge on any atom is -0.456 e. The summed E-state index contributed by atoms with van der Waals surface area (Å²) in [5.41, 5.74) is 10.1. The summed E-state index contributed by atoms with van der Waals surface area (Å²) in [4.78, 5) is 10.9. The van der Waals surface area contributed by atoms with Crippen LogP contribution in [0.5, 0.6) is 0 Å². The standard InChI is InChI=1S/C52H30N4O/c1-2-14-33-31(13-1)25-27-46-49(33)41-29-32(55-43-22-10-6-16-35(43)36-17-7-11-23-44(36)55)26-28-45(41)56(46)52-53-42-21-9-5-19-38(42)51(54-52)40-30-48-50(37-18-4-3-15-34(37)40)39-20-8-12-24-47(39)57-48/h1-30H. The highest BCUT2D eigenvalue weighted by molar-refractivity contribution is 6.24. The molecule has 9 aromatic carbocycles. The van der Waals surface area contributed by atoms with Gasteiger partial charge in [-0.1, -0.05) is 127 Å². The van der Waals surface area contributed by atoms with Gasteiger partial charge in [-0.3, -0.25) is 4.57 Å². The number of hydrogen-bond donors (Lipinski definition) is 0. The largest absolute Gasteiger partial charge is 0.456 e. The van der Waals surface area contributed by atoms with E-state index in [0.29, 0.717) is 5.95 Å². The molecule has 0 saturated carbocycles. The van der Waals surface area contributed by atoms with Crippen LogP contribution in [0.2, 0.25) is 0 Å².